The first-order chi connectivity index (χ1) is 14.0. The molecule has 0 spiro atoms. The monoisotopic (exact) mass is 444 g/mol. The van der Waals surface area contributed by atoms with Crippen LogP contribution in [0.2, 0.25) is 10.0 Å². The molecule has 0 aliphatic carbocycles. The van der Waals surface area contributed by atoms with Crippen molar-refractivity contribution in [2.24, 2.45) is 10.8 Å². The van der Waals surface area contributed by atoms with Crippen molar-refractivity contribution in [1.82, 2.24) is 4.90 Å². The fraction of sp³-hybridized carbons (Fsp3) is 0.417. The van der Waals surface area contributed by atoms with Crippen molar-refractivity contribution < 1.29 is 9.59 Å². The second-order valence-electron chi connectivity index (χ2n) is 9.46. The largest absolute Gasteiger partial charge is 0.301 e. The number of carbonyl (C=O) groups is 2. The summed E-state index contributed by atoms with van der Waals surface area (Å²) in [4.78, 5) is 30.3. The summed E-state index contributed by atoms with van der Waals surface area (Å²) in [7, 11) is 2.04. The molecule has 2 heterocycles. The van der Waals surface area contributed by atoms with E-state index >= 15 is 0 Å². The Labute approximate surface area is 187 Å². The van der Waals surface area contributed by atoms with E-state index in [9.17, 15) is 9.59 Å². The minimum atomic E-state index is -0.787. The first-order valence-electron chi connectivity index (χ1n) is 10.1. The van der Waals surface area contributed by atoms with E-state index in [1.54, 1.807) is 6.07 Å². The number of anilines is 1. The zero-order valence-corrected chi connectivity index (χ0v) is 19.4. The molecule has 4 nitrogen and oxygen atoms in total. The zero-order chi connectivity index (χ0) is 22.0. The second kappa shape index (κ2) is 7.08. The molecule has 1 unspecified atom stereocenters. The molecule has 0 aromatic heterocycles. The third kappa shape index (κ3) is 3.00. The molecule has 2 aromatic rings. The molecule has 1 fully saturated rings. The molecule has 0 bridgehead atoms. The Bertz CT molecular complexity index is 1040. The predicted molar refractivity (Wildman–Crippen MR) is 121 cm³/mol. The lowest BCUT2D eigenvalue weighted by Gasteiger charge is -2.35. The van der Waals surface area contributed by atoms with Gasteiger partial charge in [0.2, 0.25) is 11.8 Å². The Balaban J connectivity index is 1.90. The molecule has 2 amide bonds. The number of imide groups is 1. The summed E-state index contributed by atoms with van der Waals surface area (Å²) in [5.74, 6) is -0.393. The number of para-hydroxylation sites is 1. The summed E-state index contributed by atoms with van der Waals surface area (Å²) in [6, 6.07) is 11.4. The second-order valence-corrected chi connectivity index (χ2v) is 10.3. The van der Waals surface area contributed by atoms with Gasteiger partial charge >= 0.3 is 0 Å². The van der Waals surface area contributed by atoms with E-state index in [1.807, 2.05) is 65.1 Å². The van der Waals surface area contributed by atoms with Crippen molar-refractivity contribution in [2.75, 3.05) is 18.5 Å². The molecule has 158 valence electrons. The molecule has 2 aliphatic heterocycles. The number of fused-ring (bicyclic) bond motifs is 1. The number of amides is 2. The van der Waals surface area contributed by atoms with Gasteiger partial charge in [-0.1, -0.05) is 41.4 Å². The van der Waals surface area contributed by atoms with Crippen molar-refractivity contribution in [3.05, 3.63) is 63.1 Å². The molecular formula is C24H26Cl2N2O2. The van der Waals surface area contributed by atoms with Crippen molar-refractivity contribution in [1.29, 1.82) is 0 Å². The Kier molecular flexibility index (Phi) is 5.04. The van der Waals surface area contributed by atoms with Crippen LogP contribution < -0.4 is 4.90 Å². The highest BCUT2D eigenvalue weighted by molar-refractivity contribution is 6.35. The summed E-state index contributed by atoms with van der Waals surface area (Å²) in [5, 5.41) is 1.23. The van der Waals surface area contributed by atoms with E-state index in [0.717, 1.165) is 29.8 Å². The van der Waals surface area contributed by atoms with Crippen LogP contribution in [0.1, 0.15) is 50.3 Å². The quantitative estimate of drug-likeness (QED) is 0.574. The number of benzene rings is 2. The SMILES string of the molecule is CN1Cc2c(Cl)cc(Cl)cc2C(c2ccccc2N2C(=O)C(C)(C)C(C)(C)C2=O)C1. The lowest BCUT2D eigenvalue weighted by atomic mass is 9.70. The highest BCUT2D eigenvalue weighted by Crippen LogP contribution is 2.50. The maximum atomic E-state index is 13.4. The first-order valence-corrected chi connectivity index (χ1v) is 10.9. The number of likely N-dealkylation sites (N-methyl/N-ethyl adjacent to an activating group) is 1. The molecule has 2 aliphatic rings. The number of nitrogens with zero attached hydrogens (tertiary/aromatic N) is 2. The number of carbonyl (C=O) groups excluding carboxylic acids is 2. The summed E-state index contributed by atoms with van der Waals surface area (Å²) in [5.41, 5.74) is 2.09. The average Bonchev–Trinajstić information content (AvgIpc) is 2.79. The molecule has 2 aromatic carbocycles. The van der Waals surface area contributed by atoms with Crippen LogP contribution in [0.3, 0.4) is 0 Å². The van der Waals surface area contributed by atoms with E-state index in [2.05, 4.69) is 4.90 Å². The van der Waals surface area contributed by atoms with Crippen LogP contribution in [0, 0.1) is 10.8 Å². The Morgan fingerprint density at radius 2 is 1.53 bits per heavy atom. The Morgan fingerprint density at radius 1 is 0.933 bits per heavy atom. The molecule has 4 rings (SSSR count). The van der Waals surface area contributed by atoms with E-state index in [-0.39, 0.29) is 17.7 Å². The van der Waals surface area contributed by atoms with Crippen LogP contribution in [0.4, 0.5) is 5.69 Å². The summed E-state index contributed by atoms with van der Waals surface area (Å²) in [6.45, 7) is 8.85. The van der Waals surface area contributed by atoms with Gasteiger partial charge in [0, 0.05) is 29.1 Å². The van der Waals surface area contributed by atoms with Crippen LogP contribution in [0.25, 0.3) is 0 Å². The summed E-state index contributed by atoms with van der Waals surface area (Å²) < 4.78 is 0. The molecule has 0 radical (unpaired) electrons. The molecule has 0 N–H and O–H groups in total. The summed E-state index contributed by atoms with van der Waals surface area (Å²) in [6.07, 6.45) is 0. The van der Waals surface area contributed by atoms with E-state index < -0.39 is 10.8 Å². The van der Waals surface area contributed by atoms with Gasteiger partial charge in [0.15, 0.2) is 0 Å². The maximum absolute atomic E-state index is 13.4. The minimum absolute atomic E-state index is 0.0569. The van der Waals surface area contributed by atoms with Crippen molar-refractivity contribution in [2.45, 2.75) is 40.2 Å². The molecule has 6 heteroatoms. The summed E-state index contributed by atoms with van der Waals surface area (Å²) >= 11 is 12.9. The Morgan fingerprint density at radius 3 is 2.17 bits per heavy atom. The van der Waals surface area contributed by atoms with Crippen LogP contribution in [0.5, 0.6) is 0 Å². The Hall–Kier alpha value is -1.88. The standard InChI is InChI=1S/C24H26Cl2N2O2/c1-23(2)21(29)28(22(30)24(23,3)4)20-9-7-6-8-15(20)17-12-27(5)13-18-16(17)10-14(25)11-19(18)26/h6-11,17H,12-13H2,1-5H3. The van der Waals surface area contributed by atoms with Crippen LogP contribution >= 0.6 is 23.2 Å². The van der Waals surface area contributed by atoms with Crippen molar-refractivity contribution in [3.63, 3.8) is 0 Å². The lowest BCUT2D eigenvalue weighted by Crippen LogP contribution is -2.36. The molecular weight excluding hydrogens is 419 g/mol. The number of hydrogen-bond acceptors (Lipinski definition) is 3. The van der Waals surface area contributed by atoms with Gasteiger partial charge in [-0.05, 0) is 69.6 Å². The number of halogens is 2. The highest BCUT2D eigenvalue weighted by Gasteiger charge is 2.60. The van der Waals surface area contributed by atoms with Gasteiger partial charge in [-0.3, -0.25) is 9.59 Å². The van der Waals surface area contributed by atoms with Gasteiger partial charge in [-0.25, -0.2) is 4.90 Å². The average molecular weight is 445 g/mol. The van der Waals surface area contributed by atoms with Crippen LogP contribution in [-0.2, 0) is 16.1 Å². The van der Waals surface area contributed by atoms with E-state index in [1.165, 1.54) is 4.90 Å². The van der Waals surface area contributed by atoms with E-state index in [4.69, 9.17) is 23.2 Å². The topological polar surface area (TPSA) is 40.6 Å². The lowest BCUT2D eigenvalue weighted by molar-refractivity contribution is -0.129. The third-order valence-electron chi connectivity index (χ3n) is 7.08. The first kappa shape index (κ1) is 21.4. The van der Waals surface area contributed by atoms with Gasteiger partial charge in [-0.15, -0.1) is 0 Å². The van der Waals surface area contributed by atoms with Gasteiger partial charge in [0.05, 0.1) is 16.5 Å². The van der Waals surface area contributed by atoms with Crippen LogP contribution in [0.15, 0.2) is 36.4 Å². The predicted octanol–water partition coefficient (Wildman–Crippen LogP) is 5.50. The van der Waals surface area contributed by atoms with Crippen LogP contribution in [-0.4, -0.2) is 30.3 Å². The number of rotatable bonds is 2. The highest BCUT2D eigenvalue weighted by atomic mass is 35.5. The fourth-order valence-corrected chi connectivity index (χ4v) is 5.07. The van der Waals surface area contributed by atoms with Crippen molar-refractivity contribution >= 4 is 40.7 Å². The molecule has 30 heavy (non-hydrogen) atoms. The maximum Gasteiger partial charge on any atom is 0.240 e. The minimum Gasteiger partial charge on any atom is -0.301 e. The van der Waals surface area contributed by atoms with Gasteiger partial charge < -0.3 is 4.90 Å². The fourth-order valence-electron chi connectivity index (χ4n) is 4.50. The third-order valence-corrected chi connectivity index (χ3v) is 7.64. The molecule has 1 saturated heterocycles. The smallest absolute Gasteiger partial charge is 0.240 e. The van der Waals surface area contributed by atoms with Gasteiger partial charge in [0.25, 0.3) is 0 Å². The molecule has 0 saturated carbocycles. The normalized spacial score (nSPS) is 23.0. The zero-order valence-electron chi connectivity index (χ0n) is 17.9. The van der Waals surface area contributed by atoms with Gasteiger partial charge in [0.1, 0.15) is 0 Å². The van der Waals surface area contributed by atoms with E-state index in [0.29, 0.717) is 15.7 Å². The van der Waals surface area contributed by atoms with Crippen molar-refractivity contribution in [3.8, 4) is 0 Å². The van der Waals surface area contributed by atoms with Gasteiger partial charge in [-0.2, -0.15) is 0 Å². The molecule has 1 atom stereocenters. The number of hydrogen-bond donors (Lipinski definition) is 0.